The summed E-state index contributed by atoms with van der Waals surface area (Å²) >= 11 is 0. The van der Waals surface area contributed by atoms with Gasteiger partial charge in [-0.3, -0.25) is 24.7 Å². The fraction of sp³-hybridized carbons (Fsp3) is 0.235. The molecule has 0 atom stereocenters. The molecule has 2 rings (SSSR count). The minimum atomic E-state index is -0.509. The average molecular weight is 312 g/mol. The van der Waals surface area contributed by atoms with Crippen molar-refractivity contribution in [3.63, 3.8) is 0 Å². The number of nitro groups is 1. The Morgan fingerprint density at radius 3 is 2.00 bits per heavy atom. The molecule has 2 aromatic rings. The van der Waals surface area contributed by atoms with Crippen LogP contribution in [0.2, 0.25) is 0 Å². The molecule has 0 unspecified atom stereocenters. The molecule has 0 aliphatic rings. The van der Waals surface area contributed by atoms with Crippen LogP contribution in [0.1, 0.15) is 46.0 Å². The van der Waals surface area contributed by atoms with Crippen LogP contribution in [0, 0.1) is 24.0 Å². The number of aryl methyl sites for hydroxylation is 2. The lowest BCUT2D eigenvalue weighted by molar-refractivity contribution is -0.384. The molecule has 0 N–H and O–H groups in total. The Kier molecular flexibility index (Phi) is 4.36. The fourth-order valence-electron chi connectivity index (χ4n) is 2.78. The number of benzene rings is 1. The van der Waals surface area contributed by atoms with Gasteiger partial charge in [0.2, 0.25) is 0 Å². The standard InChI is InChI=1S/C17H16N2O4/c1-9-15(11(3)20)17(16(12(4)21)10(2)18-9)13-6-5-7-14(8-13)19(22)23/h5-8H,1-4H3. The maximum Gasteiger partial charge on any atom is 0.270 e. The van der Waals surface area contributed by atoms with Crippen LogP contribution in [0.25, 0.3) is 11.1 Å². The predicted molar refractivity (Wildman–Crippen MR) is 85.8 cm³/mol. The van der Waals surface area contributed by atoms with E-state index in [-0.39, 0.29) is 17.3 Å². The van der Waals surface area contributed by atoms with Gasteiger partial charge in [-0.2, -0.15) is 0 Å². The smallest absolute Gasteiger partial charge is 0.270 e. The van der Waals surface area contributed by atoms with Crippen LogP contribution in [-0.2, 0) is 0 Å². The molecular formula is C17H16N2O4. The van der Waals surface area contributed by atoms with E-state index in [0.717, 1.165) is 0 Å². The number of pyridine rings is 1. The number of Topliss-reactive ketones (excluding diaryl/α,β-unsaturated/α-hetero) is 2. The van der Waals surface area contributed by atoms with Crippen molar-refractivity contribution in [1.29, 1.82) is 0 Å². The van der Waals surface area contributed by atoms with Gasteiger partial charge in [-0.05, 0) is 33.3 Å². The summed E-state index contributed by atoms with van der Waals surface area (Å²) < 4.78 is 0. The van der Waals surface area contributed by atoms with Gasteiger partial charge in [0.25, 0.3) is 5.69 Å². The van der Waals surface area contributed by atoms with E-state index in [1.165, 1.54) is 32.0 Å². The molecule has 118 valence electrons. The van der Waals surface area contributed by atoms with Gasteiger partial charge in [-0.25, -0.2) is 0 Å². The molecule has 23 heavy (non-hydrogen) atoms. The van der Waals surface area contributed by atoms with E-state index in [4.69, 9.17) is 0 Å². The quantitative estimate of drug-likeness (QED) is 0.488. The number of aromatic nitrogens is 1. The molecule has 0 amide bonds. The van der Waals surface area contributed by atoms with Gasteiger partial charge < -0.3 is 0 Å². The Morgan fingerprint density at radius 1 is 1.04 bits per heavy atom. The number of nitro benzene ring substituents is 1. The summed E-state index contributed by atoms with van der Waals surface area (Å²) in [5.41, 5.74) is 2.42. The summed E-state index contributed by atoms with van der Waals surface area (Å²) in [7, 11) is 0. The van der Waals surface area contributed by atoms with E-state index >= 15 is 0 Å². The normalized spacial score (nSPS) is 10.4. The van der Waals surface area contributed by atoms with Crippen LogP contribution in [0.5, 0.6) is 0 Å². The lowest BCUT2D eigenvalue weighted by atomic mass is 9.89. The van der Waals surface area contributed by atoms with Crippen molar-refractivity contribution in [2.45, 2.75) is 27.7 Å². The monoisotopic (exact) mass is 312 g/mol. The molecule has 1 aromatic heterocycles. The Balaban J connectivity index is 2.93. The predicted octanol–water partition coefficient (Wildman–Crippen LogP) is 3.68. The third-order valence-electron chi connectivity index (χ3n) is 3.61. The highest BCUT2D eigenvalue weighted by Crippen LogP contribution is 2.33. The topological polar surface area (TPSA) is 90.2 Å². The largest absolute Gasteiger partial charge is 0.294 e. The molecule has 6 nitrogen and oxygen atoms in total. The molecule has 0 fully saturated rings. The van der Waals surface area contributed by atoms with Crippen LogP contribution in [0.15, 0.2) is 24.3 Å². The Hall–Kier alpha value is -2.89. The molecule has 0 radical (unpaired) electrons. The van der Waals surface area contributed by atoms with Crippen LogP contribution >= 0.6 is 0 Å². The highest BCUT2D eigenvalue weighted by atomic mass is 16.6. The van der Waals surface area contributed by atoms with E-state index in [9.17, 15) is 19.7 Å². The number of non-ortho nitro benzene ring substituents is 1. The van der Waals surface area contributed by atoms with Crippen molar-refractivity contribution in [3.8, 4) is 11.1 Å². The third-order valence-corrected chi connectivity index (χ3v) is 3.61. The lowest BCUT2D eigenvalue weighted by Crippen LogP contribution is -2.11. The molecule has 0 saturated heterocycles. The van der Waals surface area contributed by atoms with Gasteiger partial charge in [-0.15, -0.1) is 0 Å². The van der Waals surface area contributed by atoms with E-state index < -0.39 is 4.92 Å². The van der Waals surface area contributed by atoms with Crippen molar-refractivity contribution >= 4 is 17.3 Å². The summed E-state index contributed by atoms with van der Waals surface area (Å²) in [6, 6.07) is 5.92. The van der Waals surface area contributed by atoms with Gasteiger partial charge >= 0.3 is 0 Å². The van der Waals surface area contributed by atoms with Gasteiger partial charge in [0.1, 0.15) is 0 Å². The zero-order valence-corrected chi connectivity index (χ0v) is 13.3. The van der Waals surface area contributed by atoms with Gasteiger partial charge in [0.15, 0.2) is 11.6 Å². The van der Waals surface area contributed by atoms with E-state index in [1.807, 2.05) is 0 Å². The number of hydrogen-bond donors (Lipinski definition) is 0. The highest BCUT2D eigenvalue weighted by Gasteiger charge is 2.23. The maximum atomic E-state index is 12.1. The fourth-order valence-corrected chi connectivity index (χ4v) is 2.78. The van der Waals surface area contributed by atoms with Gasteiger partial charge in [0.05, 0.1) is 4.92 Å². The van der Waals surface area contributed by atoms with Gasteiger partial charge in [-0.1, -0.05) is 12.1 Å². The molecule has 0 bridgehead atoms. The first-order valence-corrected chi connectivity index (χ1v) is 7.02. The maximum absolute atomic E-state index is 12.1. The SMILES string of the molecule is CC(=O)c1c(C)nc(C)c(C(C)=O)c1-c1cccc([N+](=O)[O-])c1. The van der Waals surface area contributed by atoms with Crippen molar-refractivity contribution in [3.05, 3.63) is 56.9 Å². The van der Waals surface area contributed by atoms with E-state index in [1.54, 1.807) is 19.9 Å². The summed E-state index contributed by atoms with van der Waals surface area (Å²) in [5, 5.41) is 11.0. The van der Waals surface area contributed by atoms with Crippen LogP contribution in [-0.4, -0.2) is 21.5 Å². The van der Waals surface area contributed by atoms with Gasteiger partial charge in [0, 0.05) is 40.2 Å². The Labute approximate surface area is 133 Å². The lowest BCUT2D eigenvalue weighted by Gasteiger charge is -2.16. The first kappa shape index (κ1) is 16.5. The van der Waals surface area contributed by atoms with E-state index in [0.29, 0.717) is 33.6 Å². The van der Waals surface area contributed by atoms with Crippen molar-refractivity contribution in [2.24, 2.45) is 0 Å². The Morgan fingerprint density at radius 2 is 1.57 bits per heavy atom. The molecular weight excluding hydrogens is 296 g/mol. The van der Waals surface area contributed by atoms with E-state index in [2.05, 4.69) is 4.98 Å². The molecule has 1 aromatic carbocycles. The highest BCUT2D eigenvalue weighted by molar-refractivity contribution is 6.10. The molecule has 0 aliphatic carbocycles. The number of nitrogens with zero attached hydrogens (tertiary/aromatic N) is 2. The molecule has 1 heterocycles. The second-order valence-electron chi connectivity index (χ2n) is 5.33. The summed E-state index contributed by atoms with van der Waals surface area (Å²) in [6.07, 6.45) is 0. The number of ketones is 2. The molecule has 6 heteroatoms. The number of carbonyl (C=O) groups excluding carboxylic acids is 2. The van der Waals surface area contributed by atoms with Crippen molar-refractivity contribution < 1.29 is 14.5 Å². The number of rotatable bonds is 4. The first-order chi connectivity index (χ1) is 10.7. The van der Waals surface area contributed by atoms with Crippen LogP contribution < -0.4 is 0 Å². The summed E-state index contributed by atoms with van der Waals surface area (Å²) in [6.45, 7) is 6.16. The first-order valence-electron chi connectivity index (χ1n) is 7.02. The van der Waals surface area contributed by atoms with Crippen LogP contribution in [0.3, 0.4) is 0 Å². The zero-order valence-electron chi connectivity index (χ0n) is 13.3. The molecule has 0 spiro atoms. The molecule has 0 aliphatic heterocycles. The average Bonchev–Trinajstić information content (AvgIpc) is 2.45. The third kappa shape index (κ3) is 3.01. The Bertz CT molecular complexity index is 802. The minimum absolute atomic E-state index is 0.0985. The number of hydrogen-bond acceptors (Lipinski definition) is 5. The number of carbonyl (C=O) groups is 2. The molecule has 0 saturated carbocycles. The second kappa shape index (κ2) is 6.08. The summed E-state index contributed by atoms with van der Waals surface area (Å²) in [4.78, 5) is 39.0. The second-order valence-corrected chi connectivity index (χ2v) is 5.33. The summed E-state index contributed by atoms with van der Waals surface area (Å²) in [5.74, 6) is -0.474. The van der Waals surface area contributed by atoms with Crippen molar-refractivity contribution in [2.75, 3.05) is 0 Å². The minimum Gasteiger partial charge on any atom is -0.294 e. The van der Waals surface area contributed by atoms with Crippen LogP contribution in [0.4, 0.5) is 5.69 Å². The zero-order chi connectivity index (χ0) is 17.3. The van der Waals surface area contributed by atoms with Crippen molar-refractivity contribution in [1.82, 2.24) is 4.98 Å².